The van der Waals surface area contributed by atoms with Gasteiger partial charge in [-0.15, -0.1) is 0 Å². The quantitative estimate of drug-likeness (QED) is 0.798. The molecular weight excluding hydrogens is 206 g/mol. The minimum Gasteiger partial charge on any atom is -0.481 e. The highest BCUT2D eigenvalue weighted by Gasteiger charge is 2.25. The van der Waals surface area contributed by atoms with E-state index in [4.69, 9.17) is 5.11 Å². The van der Waals surface area contributed by atoms with E-state index in [1.165, 1.54) is 12.8 Å². The molecule has 4 heteroatoms. The molecule has 1 aliphatic heterocycles. The first kappa shape index (κ1) is 13.0. The van der Waals surface area contributed by atoms with E-state index < -0.39 is 5.97 Å². The van der Waals surface area contributed by atoms with Gasteiger partial charge in [0.2, 0.25) is 5.91 Å². The van der Waals surface area contributed by atoms with Crippen molar-refractivity contribution in [2.45, 2.75) is 45.4 Å². The Labute approximate surface area is 96.6 Å². The molecule has 0 bridgehead atoms. The smallest absolute Gasteiger partial charge is 0.304 e. The molecule has 0 aromatic carbocycles. The van der Waals surface area contributed by atoms with Crippen molar-refractivity contribution in [3.05, 3.63) is 0 Å². The summed E-state index contributed by atoms with van der Waals surface area (Å²) < 4.78 is 0. The first-order valence-electron chi connectivity index (χ1n) is 6.15. The third-order valence-corrected chi connectivity index (χ3v) is 3.18. The molecule has 1 saturated heterocycles. The van der Waals surface area contributed by atoms with Gasteiger partial charge in [-0.2, -0.15) is 0 Å². The first-order valence-corrected chi connectivity index (χ1v) is 6.15. The van der Waals surface area contributed by atoms with E-state index in [9.17, 15) is 9.59 Å². The fourth-order valence-corrected chi connectivity index (χ4v) is 2.17. The summed E-state index contributed by atoms with van der Waals surface area (Å²) in [6.07, 6.45) is 5.04. The zero-order chi connectivity index (χ0) is 12.0. The van der Waals surface area contributed by atoms with E-state index in [-0.39, 0.29) is 18.2 Å². The Kier molecular flexibility index (Phi) is 5.29. The van der Waals surface area contributed by atoms with Gasteiger partial charge in [-0.1, -0.05) is 19.8 Å². The molecule has 1 N–H and O–H groups in total. The molecule has 16 heavy (non-hydrogen) atoms. The maximum absolute atomic E-state index is 12.1. The number of likely N-dealkylation sites (tertiary alicyclic amines) is 1. The fraction of sp³-hybridized carbons (Fsp3) is 0.833. The number of nitrogens with zero attached hydrogens (tertiary/aromatic N) is 1. The maximum Gasteiger partial charge on any atom is 0.304 e. The molecule has 1 heterocycles. The van der Waals surface area contributed by atoms with Gasteiger partial charge < -0.3 is 10.0 Å². The number of hydrogen-bond donors (Lipinski definition) is 1. The first-order chi connectivity index (χ1) is 7.65. The molecule has 0 radical (unpaired) electrons. The molecule has 0 aromatic heterocycles. The van der Waals surface area contributed by atoms with Crippen molar-refractivity contribution < 1.29 is 14.7 Å². The Hall–Kier alpha value is -1.06. The van der Waals surface area contributed by atoms with Gasteiger partial charge in [0.05, 0.1) is 6.42 Å². The van der Waals surface area contributed by atoms with Crippen LogP contribution in [0.2, 0.25) is 0 Å². The summed E-state index contributed by atoms with van der Waals surface area (Å²) in [5, 5.41) is 8.75. The van der Waals surface area contributed by atoms with Crippen molar-refractivity contribution in [2.24, 2.45) is 5.92 Å². The summed E-state index contributed by atoms with van der Waals surface area (Å²) >= 11 is 0. The predicted molar refractivity (Wildman–Crippen MR) is 61.1 cm³/mol. The molecule has 1 atom stereocenters. The van der Waals surface area contributed by atoms with E-state index in [0.29, 0.717) is 6.42 Å². The maximum atomic E-state index is 12.1. The fourth-order valence-electron chi connectivity index (χ4n) is 2.17. The van der Waals surface area contributed by atoms with Gasteiger partial charge in [0, 0.05) is 19.0 Å². The summed E-state index contributed by atoms with van der Waals surface area (Å²) in [7, 11) is 0. The van der Waals surface area contributed by atoms with Gasteiger partial charge in [-0.25, -0.2) is 0 Å². The summed E-state index contributed by atoms with van der Waals surface area (Å²) in [5.41, 5.74) is 0. The monoisotopic (exact) mass is 227 g/mol. The number of aliphatic carboxylic acids is 1. The zero-order valence-electron chi connectivity index (χ0n) is 9.95. The van der Waals surface area contributed by atoms with E-state index in [1.807, 2.05) is 11.8 Å². The summed E-state index contributed by atoms with van der Waals surface area (Å²) in [5.74, 6) is -1.18. The number of carboxylic acids is 1. The van der Waals surface area contributed by atoms with Crippen LogP contribution in [0.5, 0.6) is 0 Å². The number of carbonyl (C=O) groups is 2. The highest BCUT2D eigenvalue weighted by Crippen LogP contribution is 2.16. The van der Waals surface area contributed by atoms with Crippen molar-refractivity contribution in [2.75, 3.05) is 13.1 Å². The van der Waals surface area contributed by atoms with E-state index in [0.717, 1.165) is 25.9 Å². The third kappa shape index (κ3) is 3.83. The molecular formula is C12H21NO3. The average molecular weight is 227 g/mol. The van der Waals surface area contributed by atoms with Crippen LogP contribution < -0.4 is 0 Å². The van der Waals surface area contributed by atoms with Crippen LogP contribution >= 0.6 is 0 Å². The number of carbonyl (C=O) groups excluding carboxylic acids is 1. The molecule has 92 valence electrons. The normalized spacial score (nSPS) is 18.9. The second-order valence-electron chi connectivity index (χ2n) is 4.44. The molecule has 0 saturated carbocycles. The molecule has 1 rings (SSSR count). The van der Waals surface area contributed by atoms with Gasteiger partial charge in [0.25, 0.3) is 0 Å². The molecule has 1 unspecified atom stereocenters. The number of hydrogen-bond acceptors (Lipinski definition) is 2. The van der Waals surface area contributed by atoms with Crippen LogP contribution in [0.4, 0.5) is 0 Å². The number of rotatable bonds is 4. The van der Waals surface area contributed by atoms with Crippen molar-refractivity contribution in [1.29, 1.82) is 0 Å². The van der Waals surface area contributed by atoms with Crippen molar-refractivity contribution in [3.8, 4) is 0 Å². The molecule has 1 aliphatic rings. The van der Waals surface area contributed by atoms with Crippen LogP contribution in [0.25, 0.3) is 0 Å². The lowest BCUT2D eigenvalue weighted by molar-refractivity contribution is -0.144. The van der Waals surface area contributed by atoms with Crippen LogP contribution in [0.15, 0.2) is 0 Å². The van der Waals surface area contributed by atoms with E-state index in [2.05, 4.69) is 0 Å². The van der Waals surface area contributed by atoms with Crippen LogP contribution in [0.3, 0.4) is 0 Å². The topological polar surface area (TPSA) is 57.6 Å². The Morgan fingerprint density at radius 2 is 1.75 bits per heavy atom. The average Bonchev–Trinajstić information content (AvgIpc) is 2.53. The molecule has 0 aliphatic carbocycles. The van der Waals surface area contributed by atoms with E-state index in [1.54, 1.807) is 0 Å². The predicted octanol–water partition coefficient (Wildman–Crippen LogP) is 1.89. The van der Waals surface area contributed by atoms with E-state index >= 15 is 0 Å². The minimum absolute atomic E-state index is 0.0341. The zero-order valence-corrected chi connectivity index (χ0v) is 9.95. The summed E-state index contributed by atoms with van der Waals surface area (Å²) in [6, 6.07) is 0. The SMILES string of the molecule is CCC(CC(=O)O)C(=O)N1CCCCCC1. The Balaban J connectivity index is 2.54. The molecule has 0 spiro atoms. The second-order valence-corrected chi connectivity index (χ2v) is 4.44. The van der Waals surface area contributed by atoms with Crippen molar-refractivity contribution in [3.63, 3.8) is 0 Å². The number of amides is 1. The Morgan fingerprint density at radius 1 is 1.19 bits per heavy atom. The van der Waals surface area contributed by atoms with Crippen molar-refractivity contribution >= 4 is 11.9 Å². The van der Waals surface area contributed by atoms with Crippen LogP contribution in [0, 0.1) is 5.92 Å². The minimum atomic E-state index is -0.880. The lowest BCUT2D eigenvalue weighted by Gasteiger charge is -2.24. The lowest BCUT2D eigenvalue weighted by atomic mass is 10.0. The highest BCUT2D eigenvalue weighted by atomic mass is 16.4. The Morgan fingerprint density at radius 3 is 2.19 bits per heavy atom. The molecule has 1 fully saturated rings. The summed E-state index contributed by atoms with van der Waals surface area (Å²) in [4.78, 5) is 24.6. The Bertz CT molecular complexity index is 245. The molecule has 1 amide bonds. The van der Waals surface area contributed by atoms with Crippen LogP contribution in [0.1, 0.15) is 45.4 Å². The molecule has 0 aromatic rings. The van der Waals surface area contributed by atoms with Gasteiger partial charge in [-0.05, 0) is 19.3 Å². The van der Waals surface area contributed by atoms with Gasteiger partial charge in [0.1, 0.15) is 0 Å². The molecule has 4 nitrogen and oxygen atoms in total. The van der Waals surface area contributed by atoms with Gasteiger partial charge in [-0.3, -0.25) is 9.59 Å². The standard InChI is InChI=1S/C12H21NO3/c1-2-10(9-11(14)15)12(16)13-7-5-3-4-6-8-13/h10H,2-9H2,1H3,(H,14,15). The largest absolute Gasteiger partial charge is 0.481 e. The van der Waals surface area contributed by atoms with Gasteiger partial charge >= 0.3 is 5.97 Å². The van der Waals surface area contributed by atoms with Crippen LogP contribution in [-0.2, 0) is 9.59 Å². The summed E-state index contributed by atoms with van der Waals surface area (Å²) in [6.45, 7) is 3.48. The van der Waals surface area contributed by atoms with Crippen molar-refractivity contribution in [1.82, 2.24) is 4.90 Å². The third-order valence-electron chi connectivity index (χ3n) is 3.18. The van der Waals surface area contributed by atoms with Gasteiger partial charge in [0.15, 0.2) is 0 Å². The lowest BCUT2D eigenvalue weighted by Crippen LogP contribution is -2.37. The highest BCUT2D eigenvalue weighted by molar-refractivity contribution is 5.83. The second kappa shape index (κ2) is 6.51. The van der Waals surface area contributed by atoms with Crippen LogP contribution in [-0.4, -0.2) is 35.0 Å². The number of carboxylic acid groups (broad SMARTS) is 1.